The van der Waals surface area contributed by atoms with Gasteiger partial charge in [0.05, 0.1) is 27.5 Å². The second-order valence-electron chi connectivity index (χ2n) is 4.78. The highest BCUT2D eigenvalue weighted by molar-refractivity contribution is 9.10. The van der Waals surface area contributed by atoms with Crippen molar-refractivity contribution >= 4 is 39.1 Å². The van der Waals surface area contributed by atoms with Crippen molar-refractivity contribution in [2.24, 2.45) is 12.9 Å². The largest absolute Gasteiger partial charge is 0.271 e. The van der Waals surface area contributed by atoms with E-state index in [4.69, 9.17) is 29.0 Å². The minimum absolute atomic E-state index is 0.0730. The smallest absolute Gasteiger partial charge is 0.0850 e. The highest BCUT2D eigenvalue weighted by Gasteiger charge is 2.19. The lowest BCUT2D eigenvalue weighted by Gasteiger charge is -2.17. The summed E-state index contributed by atoms with van der Waals surface area (Å²) in [6.07, 6.45) is 1.45. The molecule has 1 heterocycles. The molecule has 0 aliphatic rings. The quantitative estimate of drug-likeness (QED) is 0.602. The molecule has 4 nitrogen and oxygen atoms in total. The van der Waals surface area contributed by atoms with Gasteiger partial charge in [-0.3, -0.25) is 16.0 Å². The summed E-state index contributed by atoms with van der Waals surface area (Å²) in [4.78, 5) is 0. The van der Waals surface area contributed by atoms with Crippen molar-refractivity contribution < 1.29 is 0 Å². The summed E-state index contributed by atoms with van der Waals surface area (Å²) in [6.45, 7) is 2.03. The lowest BCUT2D eigenvalue weighted by Crippen LogP contribution is -2.30. The number of aryl methyl sites for hydroxylation is 2. The molecule has 0 saturated carbocycles. The molecule has 0 saturated heterocycles. The van der Waals surface area contributed by atoms with Crippen molar-refractivity contribution in [3.63, 3.8) is 0 Å². The molecule has 0 aliphatic carbocycles. The molecule has 114 valence electrons. The Morgan fingerprint density at radius 2 is 2.14 bits per heavy atom. The summed E-state index contributed by atoms with van der Waals surface area (Å²) in [5, 5.41) is 5.81. The average molecular weight is 392 g/mol. The van der Waals surface area contributed by atoms with Gasteiger partial charge in [0.2, 0.25) is 0 Å². The second-order valence-corrected chi connectivity index (χ2v) is 6.42. The zero-order valence-corrected chi connectivity index (χ0v) is 14.9. The molecule has 1 unspecified atom stereocenters. The Balaban J connectivity index is 2.31. The number of aromatic nitrogens is 2. The van der Waals surface area contributed by atoms with Crippen LogP contribution in [0.3, 0.4) is 0 Å². The topological polar surface area (TPSA) is 55.9 Å². The monoisotopic (exact) mass is 390 g/mol. The van der Waals surface area contributed by atoms with E-state index in [1.807, 2.05) is 36.9 Å². The van der Waals surface area contributed by atoms with Gasteiger partial charge in [0.25, 0.3) is 0 Å². The van der Waals surface area contributed by atoms with Gasteiger partial charge >= 0.3 is 0 Å². The Morgan fingerprint density at radius 1 is 1.43 bits per heavy atom. The average Bonchev–Trinajstić information content (AvgIpc) is 2.74. The highest BCUT2D eigenvalue weighted by Crippen LogP contribution is 2.29. The number of hydrogen-bond acceptors (Lipinski definition) is 3. The van der Waals surface area contributed by atoms with E-state index in [1.165, 1.54) is 0 Å². The number of rotatable bonds is 5. The van der Waals surface area contributed by atoms with Crippen molar-refractivity contribution in [1.29, 1.82) is 0 Å². The molecule has 0 amide bonds. The molecule has 1 aromatic carbocycles. The first-order valence-corrected chi connectivity index (χ1v) is 8.14. The first kappa shape index (κ1) is 16.8. The first-order valence-electron chi connectivity index (χ1n) is 6.59. The van der Waals surface area contributed by atoms with Crippen LogP contribution >= 0.6 is 39.1 Å². The maximum atomic E-state index is 6.39. The van der Waals surface area contributed by atoms with E-state index in [-0.39, 0.29) is 6.04 Å². The predicted octanol–water partition coefficient (Wildman–Crippen LogP) is 3.80. The van der Waals surface area contributed by atoms with Crippen molar-refractivity contribution in [2.75, 3.05) is 0 Å². The number of nitrogens with one attached hydrogen (secondary N) is 1. The molecule has 1 aromatic heterocycles. The van der Waals surface area contributed by atoms with Gasteiger partial charge in [-0.05, 0) is 40.0 Å². The minimum Gasteiger partial charge on any atom is -0.271 e. The Kier molecular flexibility index (Phi) is 5.68. The van der Waals surface area contributed by atoms with Crippen LogP contribution in [0, 0.1) is 0 Å². The van der Waals surface area contributed by atoms with Gasteiger partial charge in [-0.2, -0.15) is 5.10 Å². The van der Waals surface area contributed by atoms with Gasteiger partial charge in [0.15, 0.2) is 0 Å². The van der Waals surface area contributed by atoms with E-state index in [1.54, 1.807) is 0 Å². The van der Waals surface area contributed by atoms with E-state index < -0.39 is 0 Å². The summed E-state index contributed by atoms with van der Waals surface area (Å²) < 4.78 is 2.66. The fourth-order valence-corrected chi connectivity index (χ4v) is 3.12. The van der Waals surface area contributed by atoms with Gasteiger partial charge in [0.1, 0.15) is 0 Å². The number of nitrogens with zero attached hydrogens (tertiary/aromatic N) is 2. The molecule has 2 aromatic rings. The van der Waals surface area contributed by atoms with Crippen molar-refractivity contribution in [3.05, 3.63) is 49.7 Å². The fraction of sp³-hybridized carbons (Fsp3) is 0.357. The first-order chi connectivity index (χ1) is 9.97. The van der Waals surface area contributed by atoms with Crippen LogP contribution in [0.2, 0.25) is 10.0 Å². The molecule has 7 heteroatoms. The zero-order chi connectivity index (χ0) is 15.6. The molecule has 0 aliphatic heterocycles. The Labute approximate surface area is 142 Å². The maximum absolute atomic E-state index is 6.39. The molecule has 1 atom stereocenters. The molecule has 0 bridgehead atoms. The number of benzene rings is 1. The van der Waals surface area contributed by atoms with Crippen LogP contribution in [-0.2, 0) is 19.9 Å². The summed E-state index contributed by atoms with van der Waals surface area (Å²) in [7, 11) is 1.89. The number of hydrazine groups is 1. The molecular weight excluding hydrogens is 375 g/mol. The molecule has 0 spiro atoms. The van der Waals surface area contributed by atoms with Crippen molar-refractivity contribution in [3.8, 4) is 0 Å². The third-order valence-corrected chi connectivity index (χ3v) is 5.10. The van der Waals surface area contributed by atoms with E-state index in [0.29, 0.717) is 16.5 Å². The molecule has 3 N–H and O–H groups in total. The van der Waals surface area contributed by atoms with Gasteiger partial charge in [0, 0.05) is 17.9 Å². The van der Waals surface area contributed by atoms with E-state index in [2.05, 4.69) is 26.5 Å². The fourth-order valence-electron chi connectivity index (χ4n) is 2.24. The van der Waals surface area contributed by atoms with Crippen LogP contribution in [0.25, 0.3) is 0 Å². The molecule has 21 heavy (non-hydrogen) atoms. The number of nitrogens with two attached hydrogens (primary N) is 1. The van der Waals surface area contributed by atoms with Crippen LogP contribution in [0.4, 0.5) is 0 Å². The predicted molar refractivity (Wildman–Crippen MR) is 90.5 cm³/mol. The van der Waals surface area contributed by atoms with Crippen LogP contribution < -0.4 is 11.3 Å². The number of hydrogen-bond donors (Lipinski definition) is 2. The summed E-state index contributed by atoms with van der Waals surface area (Å²) in [5.41, 5.74) is 5.73. The van der Waals surface area contributed by atoms with Crippen molar-refractivity contribution in [1.82, 2.24) is 15.2 Å². The maximum Gasteiger partial charge on any atom is 0.0850 e. The van der Waals surface area contributed by atoms with Gasteiger partial charge in [-0.25, -0.2) is 0 Å². The third-order valence-electron chi connectivity index (χ3n) is 3.45. The van der Waals surface area contributed by atoms with Gasteiger partial charge in [-0.15, -0.1) is 0 Å². The lowest BCUT2D eigenvalue weighted by molar-refractivity contribution is 0.530. The minimum atomic E-state index is -0.0730. The SMILES string of the molecule is CCc1nn(C)c(CC(NN)c2ccc(Cl)c(Br)c2)c1Cl. The van der Waals surface area contributed by atoms with Crippen molar-refractivity contribution in [2.45, 2.75) is 25.8 Å². The third kappa shape index (κ3) is 3.60. The Bertz CT molecular complexity index is 642. The van der Waals surface area contributed by atoms with Crippen LogP contribution in [0.15, 0.2) is 22.7 Å². The highest BCUT2D eigenvalue weighted by atomic mass is 79.9. The normalized spacial score (nSPS) is 12.7. The zero-order valence-electron chi connectivity index (χ0n) is 11.8. The van der Waals surface area contributed by atoms with E-state index in [0.717, 1.165) is 27.8 Å². The second kappa shape index (κ2) is 7.11. The molecule has 2 rings (SSSR count). The van der Waals surface area contributed by atoms with Crippen LogP contribution in [0.5, 0.6) is 0 Å². The lowest BCUT2D eigenvalue weighted by atomic mass is 10.0. The summed E-state index contributed by atoms with van der Waals surface area (Å²) in [6, 6.07) is 5.67. The van der Waals surface area contributed by atoms with Gasteiger partial charge < -0.3 is 0 Å². The Morgan fingerprint density at radius 3 is 2.67 bits per heavy atom. The number of halogens is 3. The summed E-state index contributed by atoms with van der Waals surface area (Å²) >= 11 is 15.8. The standard InChI is InChI=1S/C14H17BrCl2N4/c1-3-11-14(17)13(21(2)20-11)7-12(19-18)8-4-5-10(16)9(15)6-8/h4-6,12,19H,3,7,18H2,1-2H3. The summed E-state index contributed by atoms with van der Waals surface area (Å²) in [5.74, 6) is 5.71. The molecule has 0 fully saturated rings. The van der Waals surface area contributed by atoms with E-state index in [9.17, 15) is 0 Å². The van der Waals surface area contributed by atoms with Gasteiger partial charge in [-0.1, -0.05) is 36.2 Å². The molecule has 0 radical (unpaired) electrons. The van der Waals surface area contributed by atoms with Crippen LogP contribution in [0.1, 0.15) is 29.9 Å². The van der Waals surface area contributed by atoms with E-state index >= 15 is 0 Å². The Hall–Kier alpha value is -0.590. The van der Waals surface area contributed by atoms with Crippen LogP contribution in [-0.4, -0.2) is 9.78 Å². The molecular formula is C14H17BrCl2N4.